The van der Waals surface area contributed by atoms with Crippen LogP contribution in [0.15, 0.2) is 29.3 Å². The second-order valence-electron chi connectivity index (χ2n) is 3.79. The lowest BCUT2D eigenvalue weighted by Gasteiger charge is -2.11. The first kappa shape index (κ1) is 11.8. The molecule has 0 saturated heterocycles. The van der Waals surface area contributed by atoms with E-state index in [0.29, 0.717) is 12.5 Å². The van der Waals surface area contributed by atoms with Crippen LogP contribution < -0.4 is 11.1 Å². The lowest BCUT2D eigenvalue weighted by atomic mass is 9.97. The maximum Gasteiger partial charge on any atom is 0.188 e. The van der Waals surface area contributed by atoms with Crippen LogP contribution in [0.4, 0.5) is 0 Å². The summed E-state index contributed by atoms with van der Waals surface area (Å²) < 4.78 is 0. The van der Waals surface area contributed by atoms with E-state index in [2.05, 4.69) is 23.0 Å². The normalized spacial score (nSPS) is 17.1. The molecule has 0 aromatic carbocycles. The summed E-state index contributed by atoms with van der Waals surface area (Å²) in [4.78, 5) is 4.25. The van der Waals surface area contributed by atoms with E-state index in [1.807, 2.05) is 0 Å². The zero-order valence-corrected chi connectivity index (χ0v) is 9.34. The zero-order chi connectivity index (χ0) is 10.9. The Labute approximate surface area is 92.2 Å². The van der Waals surface area contributed by atoms with Gasteiger partial charge < -0.3 is 11.1 Å². The summed E-state index contributed by atoms with van der Waals surface area (Å²) >= 11 is 0. The minimum Gasteiger partial charge on any atom is -0.370 e. The van der Waals surface area contributed by atoms with Crippen molar-refractivity contribution in [3.63, 3.8) is 0 Å². The van der Waals surface area contributed by atoms with E-state index in [4.69, 9.17) is 5.73 Å². The van der Waals surface area contributed by atoms with E-state index in [0.717, 1.165) is 13.0 Å². The highest BCUT2D eigenvalue weighted by atomic mass is 15.1. The Hall–Kier alpha value is -1.25. The SMILES string of the molecule is C=CCNC(N)=NCCC1=CCCCC1. The minimum absolute atomic E-state index is 0.520. The molecule has 3 nitrogen and oxygen atoms in total. The molecule has 0 aromatic heterocycles. The van der Waals surface area contributed by atoms with Crippen LogP contribution in [-0.2, 0) is 0 Å². The summed E-state index contributed by atoms with van der Waals surface area (Å²) in [7, 11) is 0. The number of nitrogens with zero attached hydrogens (tertiary/aromatic N) is 1. The molecular weight excluding hydrogens is 186 g/mol. The molecule has 0 heterocycles. The van der Waals surface area contributed by atoms with Gasteiger partial charge in [0.15, 0.2) is 5.96 Å². The van der Waals surface area contributed by atoms with Gasteiger partial charge in [-0.3, -0.25) is 4.99 Å². The Kier molecular flexibility index (Phi) is 5.59. The summed E-state index contributed by atoms with van der Waals surface area (Å²) in [5.74, 6) is 0.520. The van der Waals surface area contributed by atoms with E-state index in [1.165, 1.54) is 25.7 Å². The average molecular weight is 207 g/mol. The number of guanidine groups is 1. The molecule has 0 atom stereocenters. The Morgan fingerprint density at radius 3 is 3.13 bits per heavy atom. The molecule has 1 aliphatic carbocycles. The van der Waals surface area contributed by atoms with Gasteiger partial charge in [-0.15, -0.1) is 6.58 Å². The molecule has 0 aliphatic heterocycles. The van der Waals surface area contributed by atoms with Gasteiger partial charge in [0.05, 0.1) is 0 Å². The summed E-state index contributed by atoms with van der Waals surface area (Å²) in [5.41, 5.74) is 7.19. The van der Waals surface area contributed by atoms with Crippen LogP contribution in [-0.4, -0.2) is 19.0 Å². The van der Waals surface area contributed by atoms with E-state index in [9.17, 15) is 0 Å². The first-order chi connectivity index (χ1) is 7.33. The monoisotopic (exact) mass is 207 g/mol. The third-order valence-electron chi connectivity index (χ3n) is 2.53. The summed E-state index contributed by atoms with van der Waals surface area (Å²) in [6.07, 6.45) is 10.3. The number of hydrogen-bond acceptors (Lipinski definition) is 1. The van der Waals surface area contributed by atoms with Crippen LogP contribution >= 0.6 is 0 Å². The van der Waals surface area contributed by atoms with Gasteiger partial charge in [0.1, 0.15) is 0 Å². The fraction of sp³-hybridized carbons (Fsp3) is 0.583. The van der Waals surface area contributed by atoms with Crippen LogP contribution in [0.5, 0.6) is 0 Å². The van der Waals surface area contributed by atoms with E-state index < -0.39 is 0 Å². The molecular formula is C12H21N3. The summed E-state index contributed by atoms with van der Waals surface area (Å²) in [6, 6.07) is 0. The van der Waals surface area contributed by atoms with Crippen molar-refractivity contribution in [1.29, 1.82) is 0 Å². The molecule has 0 spiro atoms. The number of allylic oxidation sites excluding steroid dienone is 1. The molecule has 0 unspecified atom stereocenters. The number of rotatable bonds is 5. The summed E-state index contributed by atoms with van der Waals surface area (Å²) in [6.45, 7) is 5.08. The van der Waals surface area contributed by atoms with Crippen molar-refractivity contribution in [2.45, 2.75) is 32.1 Å². The van der Waals surface area contributed by atoms with Crippen molar-refractivity contribution in [2.75, 3.05) is 13.1 Å². The maximum atomic E-state index is 5.65. The molecule has 0 radical (unpaired) electrons. The lowest BCUT2D eigenvalue weighted by molar-refractivity contribution is 0.676. The molecule has 0 saturated carbocycles. The zero-order valence-electron chi connectivity index (χ0n) is 9.34. The highest BCUT2D eigenvalue weighted by Gasteiger charge is 2.02. The summed E-state index contributed by atoms with van der Waals surface area (Å²) in [5, 5.41) is 2.96. The van der Waals surface area contributed by atoms with Gasteiger partial charge in [0.2, 0.25) is 0 Å². The Morgan fingerprint density at radius 2 is 2.47 bits per heavy atom. The van der Waals surface area contributed by atoms with E-state index in [1.54, 1.807) is 11.6 Å². The molecule has 1 rings (SSSR count). The van der Waals surface area contributed by atoms with Gasteiger partial charge in [0, 0.05) is 13.1 Å². The average Bonchev–Trinajstić information content (AvgIpc) is 2.28. The Morgan fingerprint density at radius 1 is 1.60 bits per heavy atom. The Bertz CT molecular complexity index is 254. The van der Waals surface area contributed by atoms with Gasteiger partial charge in [-0.2, -0.15) is 0 Å². The molecule has 0 aromatic rings. The smallest absolute Gasteiger partial charge is 0.188 e. The fourth-order valence-corrected chi connectivity index (χ4v) is 1.68. The molecule has 0 fully saturated rings. The highest BCUT2D eigenvalue weighted by molar-refractivity contribution is 5.77. The standard InChI is InChI=1S/C12H21N3/c1-2-9-14-12(13)15-10-8-11-6-4-3-5-7-11/h2,6H,1,3-5,7-10H2,(H3,13,14,15). The van der Waals surface area contributed by atoms with Crippen molar-refractivity contribution in [2.24, 2.45) is 10.7 Å². The Balaban J connectivity index is 2.18. The number of nitrogens with one attached hydrogen (secondary N) is 1. The van der Waals surface area contributed by atoms with Crippen LogP contribution in [0, 0.1) is 0 Å². The van der Waals surface area contributed by atoms with Gasteiger partial charge in [0.25, 0.3) is 0 Å². The van der Waals surface area contributed by atoms with Crippen LogP contribution in [0.1, 0.15) is 32.1 Å². The lowest BCUT2D eigenvalue weighted by Crippen LogP contribution is -2.31. The largest absolute Gasteiger partial charge is 0.370 e. The molecule has 1 aliphatic rings. The quantitative estimate of drug-likeness (QED) is 0.411. The molecule has 84 valence electrons. The van der Waals surface area contributed by atoms with Crippen LogP contribution in [0.2, 0.25) is 0 Å². The fourth-order valence-electron chi connectivity index (χ4n) is 1.68. The minimum atomic E-state index is 0.520. The number of aliphatic imine (C=N–C) groups is 1. The number of hydrogen-bond donors (Lipinski definition) is 2. The third kappa shape index (κ3) is 5.25. The van der Waals surface area contributed by atoms with Crippen molar-refractivity contribution >= 4 is 5.96 Å². The topological polar surface area (TPSA) is 50.4 Å². The van der Waals surface area contributed by atoms with Gasteiger partial charge in [-0.05, 0) is 32.1 Å². The van der Waals surface area contributed by atoms with E-state index in [-0.39, 0.29) is 0 Å². The molecule has 0 amide bonds. The second kappa shape index (κ2) is 7.10. The van der Waals surface area contributed by atoms with Crippen molar-refractivity contribution < 1.29 is 0 Å². The first-order valence-electron chi connectivity index (χ1n) is 5.65. The van der Waals surface area contributed by atoms with Gasteiger partial charge >= 0.3 is 0 Å². The van der Waals surface area contributed by atoms with Crippen molar-refractivity contribution in [1.82, 2.24) is 5.32 Å². The predicted octanol–water partition coefficient (Wildman–Crippen LogP) is 1.97. The van der Waals surface area contributed by atoms with Gasteiger partial charge in [-0.25, -0.2) is 0 Å². The first-order valence-corrected chi connectivity index (χ1v) is 5.65. The van der Waals surface area contributed by atoms with Crippen LogP contribution in [0.25, 0.3) is 0 Å². The molecule has 3 heteroatoms. The van der Waals surface area contributed by atoms with E-state index >= 15 is 0 Å². The molecule has 15 heavy (non-hydrogen) atoms. The second-order valence-corrected chi connectivity index (χ2v) is 3.79. The van der Waals surface area contributed by atoms with Crippen molar-refractivity contribution in [3.8, 4) is 0 Å². The highest BCUT2D eigenvalue weighted by Crippen LogP contribution is 2.19. The predicted molar refractivity (Wildman–Crippen MR) is 65.9 cm³/mol. The third-order valence-corrected chi connectivity index (χ3v) is 2.53. The maximum absolute atomic E-state index is 5.65. The molecule has 0 bridgehead atoms. The molecule has 3 N–H and O–H groups in total. The number of nitrogens with two attached hydrogens (primary N) is 1. The van der Waals surface area contributed by atoms with Gasteiger partial charge in [-0.1, -0.05) is 17.7 Å². The van der Waals surface area contributed by atoms with Crippen LogP contribution in [0.3, 0.4) is 0 Å². The van der Waals surface area contributed by atoms with Crippen molar-refractivity contribution in [3.05, 3.63) is 24.3 Å².